The van der Waals surface area contributed by atoms with Crippen LogP contribution in [0.25, 0.3) is 33.0 Å². The number of H-pyrrole nitrogens is 1. The fourth-order valence-corrected chi connectivity index (χ4v) is 5.42. The molecule has 0 saturated carbocycles. The van der Waals surface area contributed by atoms with Gasteiger partial charge in [-0.15, -0.1) is 6.58 Å². The molecule has 0 atom stereocenters. The van der Waals surface area contributed by atoms with Gasteiger partial charge in [0.25, 0.3) is 0 Å². The minimum Gasteiger partial charge on any atom is -0.492 e. The number of carbonyl (C=O) groups excluding carboxylic acids is 2. The van der Waals surface area contributed by atoms with Crippen molar-refractivity contribution in [2.45, 2.75) is 39.7 Å². The minimum absolute atomic E-state index is 0.00134. The Hall–Kier alpha value is -4.58. The minimum atomic E-state index is -0.442. The summed E-state index contributed by atoms with van der Waals surface area (Å²) in [5.41, 5.74) is 4.99. The molecule has 6 nitrogen and oxygen atoms in total. The van der Waals surface area contributed by atoms with Crippen LogP contribution in [0.5, 0.6) is 0 Å². The van der Waals surface area contributed by atoms with Crippen molar-refractivity contribution in [3.63, 3.8) is 0 Å². The third kappa shape index (κ3) is 4.20. The Bertz CT molecular complexity index is 1780. The maximum atomic E-state index is 14.4. The van der Waals surface area contributed by atoms with Crippen molar-refractivity contribution in [2.75, 3.05) is 14.2 Å². The highest BCUT2D eigenvalue weighted by Gasteiger charge is 2.41. The molecule has 5 rings (SSSR count). The van der Waals surface area contributed by atoms with Gasteiger partial charge < -0.3 is 19.0 Å². The molecule has 6 heteroatoms. The Morgan fingerprint density at radius 1 is 0.925 bits per heavy atom. The van der Waals surface area contributed by atoms with Crippen LogP contribution in [-0.4, -0.2) is 35.3 Å². The molecule has 2 aromatic heterocycles. The van der Waals surface area contributed by atoms with Gasteiger partial charge in [-0.05, 0) is 39.8 Å². The number of rotatable bonds is 8. The molecule has 0 radical (unpaired) electrons. The number of carbonyl (C=O) groups is 2. The van der Waals surface area contributed by atoms with Gasteiger partial charge in [-0.1, -0.05) is 54.1 Å². The molecule has 0 saturated heterocycles. The van der Waals surface area contributed by atoms with Gasteiger partial charge >= 0.3 is 0 Å². The van der Waals surface area contributed by atoms with Crippen molar-refractivity contribution in [3.8, 4) is 0 Å². The van der Waals surface area contributed by atoms with Crippen LogP contribution in [0.4, 0.5) is 0 Å². The lowest BCUT2D eigenvalue weighted by atomic mass is 9.84. The van der Waals surface area contributed by atoms with E-state index in [1.165, 1.54) is 14.2 Å². The van der Waals surface area contributed by atoms with E-state index < -0.39 is 17.1 Å². The monoisotopic (exact) mass is 534 g/mol. The molecule has 0 aliphatic heterocycles. The molecule has 0 amide bonds. The molecule has 2 heterocycles. The largest absolute Gasteiger partial charge is 0.492 e. The van der Waals surface area contributed by atoms with Crippen molar-refractivity contribution < 1.29 is 19.1 Å². The SMILES string of the molecule is C=CC(C)(C)n1cc(C2=C(OC)C(=O)C(c3c(CC=C(C)C)[nH]c4ccccc34)=C(OC)C2=O)c2ccccc21. The number of fused-ring (bicyclic) bond motifs is 2. The fourth-order valence-electron chi connectivity index (χ4n) is 5.42. The smallest absolute Gasteiger partial charge is 0.232 e. The Kier molecular flexibility index (Phi) is 6.88. The second-order valence-electron chi connectivity index (χ2n) is 10.8. The number of ketones is 2. The first-order valence-electron chi connectivity index (χ1n) is 13.3. The number of aromatic amines is 1. The van der Waals surface area contributed by atoms with E-state index in [0.717, 1.165) is 33.1 Å². The molecular formula is C34H34N2O4. The second-order valence-corrected chi connectivity index (χ2v) is 10.8. The number of Topliss-reactive ketones (excluding diaryl/α,β-unsaturated/α-hetero) is 2. The first kappa shape index (κ1) is 27.0. The molecule has 1 N–H and O–H groups in total. The van der Waals surface area contributed by atoms with Gasteiger partial charge in [-0.3, -0.25) is 9.59 Å². The highest BCUT2D eigenvalue weighted by atomic mass is 16.5. The zero-order valence-electron chi connectivity index (χ0n) is 23.8. The van der Waals surface area contributed by atoms with E-state index in [2.05, 4.69) is 22.2 Å². The maximum absolute atomic E-state index is 14.4. The number of ether oxygens (including phenoxy) is 2. The van der Waals surface area contributed by atoms with Gasteiger partial charge in [0.1, 0.15) is 0 Å². The van der Waals surface area contributed by atoms with Crippen LogP contribution in [0.3, 0.4) is 0 Å². The number of para-hydroxylation sites is 2. The number of allylic oxidation sites excluding steroid dienone is 5. The van der Waals surface area contributed by atoms with Crippen LogP contribution in [-0.2, 0) is 31.0 Å². The Morgan fingerprint density at radius 2 is 1.52 bits per heavy atom. The third-order valence-electron chi connectivity index (χ3n) is 7.58. The number of hydrogen-bond donors (Lipinski definition) is 1. The van der Waals surface area contributed by atoms with Gasteiger partial charge in [-0.2, -0.15) is 0 Å². The molecule has 0 unspecified atom stereocenters. The summed E-state index contributed by atoms with van der Waals surface area (Å²) < 4.78 is 13.6. The van der Waals surface area contributed by atoms with E-state index in [9.17, 15) is 9.59 Å². The van der Waals surface area contributed by atoms with E-state index in [1.54, 1.807) is 0 Å². The summed E-state index contributed by atoms with van der Waals surface area (Å²) in [6.07, 6.45) is 6.41. The van der Waals surface area contributed by atoms with E-state index in [1.807, 2.05) is 88.5 Å². The van der Waals surface area contributed by atoms with Crippen LogP contribution >= 0.6 is 0 Å². The molecule has 40 heavy (non-hydrogen) atoms. The summed E-state index contributed by atoms with van der Waals surface area (Å²) in [5, 5.41) is 1.67. The van der Waals surface area contributed by atoms with Crippen LogP contribution in [0.1, 0.15) is 44.5 Å². The van der Waals surface area contributed by atoms with E-state index >= 15 is 0 Å². The van der Waals surface area contributed by atoms with Crippen LogP contribution in [0.15, 0.2) is 90.6 Å². The van der Waals surface area contributed by atoms with E-state index in [4.69, 9.17) is 9.47 Å². The highest BCUT2D eigenvalue weighted by Crippen LogP contribution is 2.43. The lowest BCUT2D eigenvalue weighted by Crippen LogP contribution is -2.25. The van der Waals surface area contributed by atoms with Crippen LogP contribution in [0, 0.1) is 0 Å². The lowest BCUT2D eigenvalue weighted by Gasteiger charge is -2.24. The zero-order chi connectivity index (χ0) is 28.8. The summed E-state index contributed by atoms with van der Waals surface area (Å²) in [7, 11) is 2.87. The van der Waals surface area contributed by atoms with Crippen molar-refractivity contribution in [3.05, 3.63) is 107 Å². The lowest BCUT2D eigenvalue weighted by molar-refractivity contribution is -0.117. The summed E-state index contributed by atoms with van der Waals surface area (Å²) in [6, 6.07) is 15.6. The van der Waals surface area contributed by atoms with E-state index in [0.29, 0.717) is 17.5 Å². The normalized spacial score (nSPS) is 14.3. The van der Waals surface area contributed by atoms with E-state index in [-0.39, 0.29) is 22.7 Å². The first-order chi connectivity index (χ1) is 19.1. The molecule has 4 aromatic rings. The highest BCUT2D eigenvalue weighted by molar-refractivity contribution is 6.48. The van der Waals surface area contributed by atoms with Crippen molar-refractivity contribution in [1.82, 2.24) is 9.55 Å². The van der Waals surface area contributed by atoms with Crippen molar-refractivity contribution in [2.24, 2.45) is 0 Å². The Morgan fingerprint density at radius 3 is 2.17 bits per heavy atom. The van der Waals surface area contributed by atoms with Gasteiger partial charge in [0.05, 0.1) is 30.9 Å². The average Bonchev–Trinajstić information content (AvgIpc) is 3.51. The summed E-state index contributed by atoms with van der Waals surface area (Å²) >= 11 is 0. The number of nitrogens with zero attached hydrogens (tertiary/aromatic N) is 1. The number of nitrogens with one attached hydrogen (secondary N) is 1. The number of benzene rings is 2. The Balaban J connectivity index is 1.79. The molecule has 0 fully saturated rings. The molecule has 1 aliphatic rings. The molecule has 0 spiro atoms. The molecule has 2 aromatic carbocycles. The van der Waals surface area contributed by atoms with Gasteiger partial charge in [-0.25, -0.2) is 0 Å². The zero-order valence-corrected chi connectivity index (χ0v) is 23.8. The molecule has 204 valence electrons. The standard InChI is InChI=1S/C34H34N2O4/c1-8-34(4,5)36-19-23(21-13-10-12-16-26(21)36)28-30(37)33(40-7)29(31(38)32(28)39-6)27-22-14-9-11-15-24(22)35-25(27)18-17-20(2)3/h8-17,19,35H,1,18H2,2-7H3. The second kappa shape index (κ2) is 10.2. The summed E-state index contributed by atoms with van der Waals surface area (Å²) in [5.74, 6) is -0.786. The third-order valence-corrected chi connectivity index (χ3v) is 7.58. The maximum Gasteiger partial charge on any atom is 0.232 e. The van der Waals surface area contributed by atoms with Crippen LogP contribution in [0.2, 0.25) is 0 Å². The molecule has 0 bridgehead atoms. The number of methoxy groups -OCH3 is 2. The molecular weight excluding hydrogens is 500 g/mol. The van der Waals surface area contributed by atoms with Crippen molar-refractivity contribution >= 4 is 44.5 Å². The predicted octanol–water partition coefficient (Wildman–Crippen LogP) is 7.12. The summed E-state index contributed by atoms with van der Waals surface area (Å²) in [6.45, 7) is 12.1. The van der Waals surface area contributed by atoms with Gasteiger partial charge in [0.2, 0.25) is 11.6 Å². The van der Waals surface area contributed by atoms with Gasteiger partial charge in [0.15, 0.2) is 11.5 Å². The molecule has 1 aliphatic carbocycles. The van der Waals surface area contributed by atoms with Crippen molar-refractivity contribution in [1.29, 1.82) is 0 Å². The number of hydrogen-bond acceptors (Lipinski definition) is 4. The quantitative estimate of drug-likeness (QED) is 0.193. The first-order valence-corrected chi connectivity index (χ1v) is 13.3. The van der Waals surface area contributed by atoms with Crippen LogP contribution < -0.4 is 0 Å². The fraction of sp³-hybridized carbons (Fsp3) is 0.235. The topological polar surface area (TPSA) is 73.3 Å². The number of aromatic nitrogens is 2. The average molecular weight is 535 g/mol. The van der Waals surface area contributed by atoms with Gasteiger partial charge in [0, 0.05) is 51.2 Å². The Labute approximate surface area is 234 Å². The summed E-state index contributed by atoms with van der Waals surface area (Å²) in [4.78, 5) is 32.2. The predicted molar refractivity (Wildman–Crippen MR) is 161 cm³/mol.